The fraction of sp³-hybridized carbons (Fsp3) is 0.160. The van der Waals surface area contributed by atoms with Gasteiger partial charge in [-0.05, 0) is 49.7 Å². The van der Waals surface area contributed by atoms with Crippen molar-refractivity contribution >= 4 is 40.6 Å². The van der Waals surface area contributed by atoms with Crippen molar-refractivity contribution in [2.45, 2.75) is 26.3 Å². The van der Waals surface area contributed by atoms with Gasteiger partial charge in [0.25, 0.3) is 0 Å². The van der Waals surface area contributed by atoms with Gasteiger partial charge in [-0.25, -0.2) is 4.79 Å². The molecule has 164 valence electrons. The van der Waals surface area contributed by atoms with Gasteiger partial charge in [0, 0.05) is 27.9 Å². The standard InChI is InChI=1S/C25H25ClN4O2/c1-16(2)28-25(32)29-20-11-8-18(9-12-20)24(27)21-15-19(26)10-13-22(21)30-23(31)14-17-6-4-3-5-7-17/h3-13,15-16,27H,14H2,1-2H3,(H,30,31)(H2,28,29,32). The molecule has 4 N–H and O–H groups in total. The van der Waals surface area contributed by atoms with Crippen molar-refractivity contribution in [1.82, 2.24) is 5.32 Å². The molecule has 0 bridgehead atoms. The van der Waals surface area contributed by atoms with Gasteiger partial charge in [0.2, 0.25) is 5.91 Å². The highest BCUT2D eigenvalue weighted by Gasteiger charge is 2.14. The number of halogens is 1. The van der Waals surface area contributed by atoms with Gasteiger partial charge in [-0.15, -0.1) is 0 Å². The monoisotopic (exact) mass is 448 g/mol. The molecule has 3 rings (SSSR count). The topological polar surface area (TPSA) is 94.1 Å². The minimum atomic E-state index is -0.291. The van der Waals surface area contributed by atoms with E-state index < -0.39 is 0 Å². The molecular formula is C25H25ClN4O2. The Bertz CT molecular complexity index is 1110. The summed E-state index contributed by atoms with van der Waals surface area (Å²) >= 11 is 6.17. The van der Waals surface area contributed by atoms with E-state index in [0.29, 0.717) is 27.5 Å². The third kappa shape index (κ3) is 6.43. The van der Waals surface area contributed by atoms with E-state index in [4.69, 9.17) is 17.0 Å². The molecule has 0 aromatic heterocycles. The van der Waals surface area contributed by atoms with Crippen LogP contribution in [0.4, 0.5) is 16.2 Å². The van der Waals surface area contributed by atoms with Crippen LogP contribution in [-0.4, -0.2) is 23.7 Å². The molecule has 6 nitrogen and oxygen atoms in total. The molecule has 32 heavy (non-hydrogen) atoms. The fourth-order valence-electron chi connectivity index (χ4n) is 3.11. The van der Waals surface area contributed by atoms with Crippen LogP contribution in [0, 0.1) is 5.41 Å². The SMILES string of the molecule is CC(C)NC(=O)Nc1ccc(C(=N)c2cc(Cl)ccc2NC(=O)Cc2ccccc2)cc1. The summed E-state index contributed by atoms with van der Waals surface area (Å²) in [5.74, 6) is -0.178. The number of hydrogen-bond donors (Lipinski definition) is 4. The third-order valence-corrected chi connectivity index (χ3v) is 4.82. The van der Waals surface area contributed by atoms with Crippen LogP contribution in [0.25, 0.3) is 0 Å². The zero-order valence-corrected chi connectivity index (χ0v) is 18.7. The average molecular weight is 449 g/mol. The first-order chi connectivity index (χ1) is 15.3. The van der Waals surface area contributed by atoms with Crippen LogP contribution in [0.5, 0.6) is 0 Å². The van der Waals surface area contributed by atoms with Crippen LogP contribution in [0.15, 0.2) is 72.8 Å². The first-order valence-corrected chi connectivity index (χ1v) is 10.6. The van der Waals surface area contributed by atoms with Crippen LogP contribution in [0.1, 0.15) is 30.5 Å². The zero-order chi connectivity index (χ0) is 23.1. The molecule has 0 radical (unpaired) electrons. The summed E-state index contributed by atoms with van der Waals surface area (Å²) in [7, 11) is 0. The van der Waals surface area contributed by atoms with Crippen molar-refractivity contribution in [3.05, 3.63) is 94.5 Å². The zero-order valence-electron chi connectivity index (χ0n) is 17.9. The highest BCUT2D eigenvalue weighted by atomic mass is 35.5. The molecule has 0 heterocycles. The molecule has 0 spiro atoms. The molecule has 0 aliphatic heterocycles. The minimum Gasteiger partial charge on any atom is -0.336 e. The lowest BCUT2D eigenvalue weighted by atomic mass is 10.00. The Morgan fingerprint density at radius 3 is 2.28 bits per heavy atom. The van der Waals surface area contributed by atoms with E-state index in [1.807, 2.05) is 44.2 Å². The number of carbonyl (C=O) groups is 2. The van der Waals surface area contributed by atoms with E-state index in [1.165, 1.54) is 0 Å². The average Bonchev–Trinajstić information content (AvgIpc) is 2.75. The van der Waals surface area contributed by atoms with E-state index in [9.17, 15) is 9.59 Å². The second-order valence-corrected chi connectivity index (χ2v) is 8.04. The van der Waals surface area contributed by atoms with Crippen molar-refractivity contribution < 1.29 is 9.59 Å². The van der Waals surface area contributed by atoms with E-state index in [1.54, 1.807) is 42.5 Å². The Morgan fingerprint density at radius 2 is 1.62 bits per heavy atom. The Kier molecular flexibility index (Phi) is 7.63. The van der Waals surface area contributed by atoms with Crippen LogP contribution in [0.2, 0.25) is 5.02 Å². The highest BCUT2D eigenvalue weighted by Crippen LogP contribution is 2.24. The van der Waals surface area contributed by atoms with Gasteiger partial charge in [-0.3, -0.25) is 10.2 Å². The van der Waals surface area contributed by atoms with Crippen molar-refractivity contribution in [2.75, 3.05) is 10.6 Å². The lowest BCUT2D eigenvalue weighted by Gasteiger charge is -2.14. The van der Waals surface area contributed by atoms with E-state index in [-0.39, 0.29) is 30.1 Å². The van der Waals surface area contributed by atoms with Gasteiger partial charge >= 0.3 is 6.03 Å². The van der Waals surface area contributed by atoms with E-state index >= 15 is 0 Å². The van der Waals surface area contributed by atoms with Gasteiger partial charge in [-0.1, -0.05) is 54.1 Å². The predicted octanol–water partition coefficient (Wildman–Crippen LogP) is 5.47. The van der Waals surface area contributed by atoms with Gasteiger partial charge in [0.1, 0.15) is 0 Å². The summed E-state index contributed by atoms with van der Waals surface area (Å²) in [6.45, 7) is 3.76. The van der Waals surface area contributed by atoms with E-state index in [0.717, 1.165) is 5.56 Å². The lowest BCUT2D eigenvalue weighted by molar-refractivity contribution is -0.115. The van der Waals surface area contributed by atoms with Crippen molar-refractivity contribution in [1.29, 1.82) is 5.41 Å². The maximum absolute atomic E-state index is 12.5. The van der Waals surface area contributed by atoms with Gasteiger partial charge in [0.15, 0.2) is 0 Å². The second kappa shape index (κ2) is 10.6. The predicted molar refractivity (Wildman–Crippen MR) is 130 cm³/mol. The van der Waals surface area contributed by atoms with Crippen LogP contribution >= 0.6 is 11.6 Å². The Balaban J connectivity index is 1.75. The number of rotatable bonds is 7. The minimum absolute atomic E-state index is 0.0285. The summed E-state index contributed by atoms with van der Waals surface area (Å²) < 4.78 is 0. The number of urea groups is 1. The van der Waals surface area contributed by atoms with Crippen molar-refractivity contribution in [2.24, 2.45) is 0 Å². The molecule has 0 aliphatic rings. The molecule has 0 atom stereocenters. The maximum atomic E-state index is 12.5. The number of amides is 3. The number of nitrogens with one attached hydrogen (secondary N) is 4. The largest absolute Gasteiger partial charge is 0.336 e. The molecule has 3 aromatic carbocycles. The molecule has 3 amide bonds. The molecule has 7 heteroatoms. The summed E-state index contributed by atoms with van der Waals surface area (Å²) in [5.41, 5.74) is 3.37. The Hall–Kier alpha value is -3.64. The number of carbonyl (C=O) groups excluding carboxylic acids is 2. The fourth-order valence-corrected chi connectivity index (χ4v) is 3.29. The summed E-state index contributed by atoms with van der Waals surface area (Å²) in [6.07, 6.45) is 0.231. The van der Waals surface area contributed by atoms with Crippen molar-refractivity contribution in [3.63, 3.8) is 0 Å². The van der Waals surface area contributed by atoms with Gasteiger partial charge < -0.3 is 16.0 Å². The van der Waals surface area contributed by atoms with Crippen molar-refractivity contribution in [3.8, 4) is 0 Å². The Morgan fingerprint density at radius 1 is 0.938 bits per heavy atom. The van der Waals surface area contributed by atoms with Gasteiger partial charge in [0.05, 0.1) is 17.8 Å². The number of benzene rings is 3. The lowest BCUT2D eigenvalue weighted by Crippen LogP contribution is -2.34. The van der Waals surface area contributed by atoms with Crippen LogP contribution in [0.3, 0.4) is 0 Å². The number of hydrogen-bond acceptors (Lipinski definition) is 3. The van der Waals surface area contributed by atoms with Crippen LogP contribution in [-0.2, 0) is 11.2 Å². The molecule has 0 unspecified atom stereocenters. The summed E-state index contributed by atoms with van der Waals surface area (Å²) in [4.78, 5) is 24.4. The second-order valence-electron chi connectivity index (χ2n) is 7.61. The molecule has 0 saturated carbocycles. The van der Waals surface area contributed by atoms with E-state index in [2.05, 4.69) is 16.0 Å². The highest BCUT2D eigenvalue weighted by molar-refractivity contribution is 6.31. The Labute approximate surface area is 192 Å². The first-order valence-electron chi connectivity index (χ1n) is 10.2. The first kappa shape index (κ1) is 23.0. The molecule has 0 fully saturated rings. The smallest absolute Gasteiger partial charge is 0.319 e. The number of anilines is 2. The quantitative estimate of drug-likeness (QED) is 0.361. The molecule has 0 aliphatic carbocycles. The summed E-state index contributed by atoms with van der Waals surface area (Å²) in [6, 6.07) is 21.1. The summed E-state index contributed by atoms with van der Waals surface area (Å²) in [5, 5.41) is 17.5. The normalized spacial score (nSPS) is 10.5. The third-order valence-electron chi connectivity index (χ3n) is 4.58. The van der Waals surface area contributed by atoms with Gasteiger partial charge in [-0.2, -0.15) is 0 Å². The maximum Gasteiger partial charge on any atom is 0.319 e. The van der Waals surface area contributed by atoms with Crippen LogP contribution < -0.4 is 16.0 Å². The molecule has 3 aromatic rings. The molecular weight excluding hydrogens is 424 g/mol. The molecule has 0 saturated heterocycles.